The minimum Gasteiger partial charge on any atom is -0.332 e. The van der Waals surface area contributed by atoms with Gasteiger partial charge in [0.1, 0.15) is 0 Å². The smallest absolute Gasteiger partial charge is 0.237 e. The van der Waals surface area contributed by atoms with Gasteiger partial charge < -0.3 is 16.0 Å². The van der Waals surface area contributed by atoms with E-state index in [9.17, 15) is 9.59 Å². The van der Waals surface area contributed by atoms with E-state index in [4.69, 9.17) is 23.8 Å². The molecule has 3 aromatic rings. The van der Waals surface area contributed by atoms with E-state index < -0.39 is 0 Å². The van der Waals surface area contributed by atoms with Gasteiger partial charge in [0, 0.05) is 21.8 Å². The summed E-state index contributed by atoms with van der Waals surface area (Å²) in [5.41, 5.74) is 2.84. The van der Waals surface area contributed by atoms with Crippen molar-refractivity contribution in [3.63, 3.8) is 0 Å². The van der Waals surface area contributed by atoms with E-state index >= 15 is 0 Å². The second-order valence-corrected chi connectivity index (χ2v) is 9.32. The van der Waals surface area contributed by atoms with E-state index in [0.29, 0.717) is 27.8 Å². The third-order valence-corrected chi connectivity index (χ3v) is 6.61. The van der Waals surface area contributed by atoms with Gasteiger partial charge in [-0.25, -0.2) is 0 Å². The normalized spacial score (nSPS) is 11.4. The molecular formula is C25H24ClN3O2S2. The number of carbonyl (C=O) groups is 2. The molecule has 0 aliphatic rings. The number of anilines is 3. The van der Waals surface area contributed by atoms with Crippen molar-refractivity contribution in [1.82, 2.24) is 0 Å². The van der Waals surface area contributed by atoms with E-state index in [1.54, 1.807) is 36.4 Å². The second kappa shape index (κ2) is 11.8. The highest BCUT2D eigenvalue weighted by Crippen LogP contribution is 2.29. The number of ketones is 1. The van der Waals surface area contributed by atoms with Crippen LogP contribution >= 0.6 is 35.6 Å². The summed E-state index contributed by atoms with van der Waals surface area (Å²) in [6.45, 7) is 3.51. The lowest BCUT2D eigenvalue weighted by molar-refractivity contribution is -0.115. The van der Waals surface area contributed by atoms with Gasteiger partial charge in [-0.3, -0.25) is 9.59 Å². The van der Waals surface area contributed by atoms with Gasteiger partial charge in [0.2, 0.25) is 5.91 Å². The summed E-state index contributed by atoms with van der Waals surface area (Å²) < 4.78 is 0. The van der Waals surface area contributed by atoms with E-state index in [0.717, 1.165) is 16.3 Å². The maximum Gasteiger partial charge on any atom is 0.237 e. The molecule has 0 heterocycles. The van der Waals surface area contributed by atoms with Crippen LogP contribution in [0.3, 0.4) is 0 Å². The molecule has 3 N–H and O–H groups in total. The standard InChI is InChI=1S/C25H24ClN3O2S2/c1-3-23(24(31)29-22-10-5-4-9-21(22)26)33-20-8-6-7-19(15-20)28-25(32)27-18-13-11-17(12-14-18)16(2)30/h4-15,23H,3H2,1-2H3,(H,29,31)(H2,27,28,32). The molecule has 0 aromatic heterocycles. The highest BCUT2D eigenvalue weighted by molar-refractivity contribution is 8.00. The maximum absolute atomic E-state index is 12.8. The fraction of sp³-hybridized carbons (Fsp3) is 0.160. The van der Waals surface area contributed by atoms with Gasteiger partial charge in [0.15, 0.2) is 10.9 Å². The molecule has 5 nitrogen and oxygen atoms in total. The molecule has 3 rings (SSSR count). The molecule has 0 aliphatic carbocycles. The Labute approximate surface area is 208 Å². The molecule has 1 amide bonds. The van der Waals surface area contributed by atoms with E-state index in [-0.39, 0.29) is 16.9 Å². The maximum atomic E-state index is 12.8. The van der Waals surface area contributed by atoms with Crippen molar-refractivity contribution in [3.8, 4) is 0 Å². The molecule has 0 radical (unpaired) electrons. The summed E-state index contributed by atoms with van der Waals surface area (Å²) in [5.74, 6) is -0.0809. The molecule has 0 aliphatic heterocycles. The minimum absolute atomic E-state index is 0.0162. The second-order valence-electron chi connectivity index (χ2n) is 7.22. The molecule has 0 fully saturated rings. The summed E-state index contributed by atoms with van der Waals surface area (Å²) in [6, 6.07) is 22.0. The molecule has 1 atom stereocenters. The zero-order valence-corrected chi connectivity index (χ0v) is 20.6. The molecule has 0 saturated heterocycles. The lowest BCUT2D eigenvalue weighted by Crippen LogP contribution is -2.24. The van der Waals surface area contributed by atoms with Crippen LogP contribution in [0, 0.1) is 0 Å². The number of hydrogen-bond donors (Lipinski definition) is 3. The largest absolute Gasteiger partial charge is 0.332 e. The van der Waals surface area contributed by atoms with Gasteiger partial charge in [-0.15, -0.1) is 11.8 Å². The first-order valence-electron chi connectivity index (χ1n) is 10.4. The summed E-state index contributed by atoms with van der Waals surface area (Å²) in [6.07, 6.45) is 0.662. The molecule has 0 spiro atoms. The minimum atomic E-state index is -0.276. The molecule has 3 aromatic carbocycles. The number of hydrogen-bond acceptors (Lipinski definition) is 4. The van der Waals surface area contributed by atoms with Crippen LogP contribution in [0.2, 0.25) is 5.02 Å². The highest BCUT2D eigenvalue weighted by Gasteiger charge is 2.19. The van der Waals surface area contributed by atoms with Crippen LogP contribution in [0.5, 0.6) is 0 Å². The van der Waals surface area contributed by atoms with Gasteiger partial charge >= 0.3 is 0 Å². The van der Waals surface area contributed by atoms with Crippen molar-refractivity contribution < 1.29 is 9.59 Å². The van der Waals surface area contributed by atoms with Crippen molar-refractivity contribution in [2.24, 2.45) is 0 Å². The number of halogens is 1. The predicted molar refractivity (Wildman–Crippen MR) is 143 cm³/mol. The van der Waals surface area contributed by atoms with Gasteiger partial charge in [-0.05, 0) is 80.2 Å². The first-order chi connectivity index (χ1) is 15.9. The average molecular weight is 498 g/mol. The predicted octanol–water partition coefficient (Wildman–Crippen LogP) is 6.86. The summed E-state index contributed by atoms with van der Waals surface area (Å²) in [7, 11) is 0. The van der Waals surface area contributed by atoms with Crippen LogP contribution in [-0.2, 0) is 4.79 Å². The Kier molecular flexibility index (Phi) is 8.88. The van der Waals surface area contributed by atoms with Gasteiger partial charge in [-0.1, -0.05) is 36.7 Å². The van der Waals surface area contributed by atoms with Crippen LogP contribution < -0.4 is 16.0 Å². The molecule has 1 unspecified atom stereocenters. The number of thioether (sulfide) groups is 1. The number of rotatable bonds is 8. The molecule has 0 bridgehead atoms. The van der Waals surface area contributed by atoms with Gasteiger partial charge in [-0.2, -0.15) is 0 Å². The summed E-state index contributed by atoms with van der Waals surface area (Å²) in [5, 5.41) is 9.83. The van der Waals surface area contributed by atoms with Crippen LogP contribution in [-0.4, -0.2) is 22.1 Å². The van der Waals surface area contributed by atoms with Gasteiger partial charge in [0.25, 0.3) is 0 Å². The van der Waals surface area contributed by atoms with E-state index in [1.807, 2.05) is 43.3 Å². The summed E-state index contributed by atoms with van der Waals surface area (Å²) >= 11 is 13.1. The van der Waals surface area contributed by atoms with E-state index in [1.165, 1.54) is 18.7 Å². The van der Waals surface area contributed by atoms with Crippen LogP contribution in [0.15, 0.2) is 77.7 Å². The number of Topliss-reactive ketones (excluding diaryl/α,β-unsaturated/α-hetero) is 1. The topological polar surface area (TPSA) is 70.2 Å². The third-order valence-electron chi connectivity index (χ3n) is 4.71. The fourth-order valence-corrected chi connectivity index (χ4v) is 4.42. The van der Waals surface area contributed by atoms with Crippen molar-refractivity contribution in [3.05, 3.63) is 83.4 Å². The monoisotopic (exact) mass is 497 g/mol. The van der Waals surface area contributed by atoms with E-state index in [2.05, 4.69) is 16.0 Å². The lowest BCUT2D eigenvalue weighted by atomic mass is 10.1. The zero-order valence-electron chi connectivity index (χ0n) is 18.2. The quantitative estimate of drug-likeness (QED) is 0.179. The number of benzene rings is 3. The third kappa shape index (κ3) is 7.32. The first kappa shape index (κ1) is 24.8. The molecular weight excluding hydrogens is 474 g/mol. The molecule has 0 saturated carbocycles. The Balaban J connectivity index is 1.60. The van der Waals surface area contributed by atoms with Crippen molar-refractivity contribution in [2.45, 2.75) is 30.4 Å². The summed E-state index contributed by atoms with van der Waals surface area (Å²) in [4.78, 5) is 25.1. The van der Waals surface area contributed by atoms with Crippen LogP contribution in [0.25, 0.3) is 0 Å². The molecule has 33 heavy (non-hydrogen) atoms. The first-order valence-corrected chi connectivity index (χ1v) is 12.0. The Hall–Kier alpha value is -2.87. The number of amides is 1. The number of nitrogens with one attached hydrogen (secondary N) is 3. The Bertz CT molecular complexity index is 1150. The van der Waals surface area contributed by atoms with Gasteiger partial charge in [0.05, 0.1) is 16.0 Å². The Morgan fingerprint density at radius 2 is 1.64 bits per heavy atom. The Morgan fingerprint density at radius 1 is 0.939 bits per heavy atom. The average Bonchev–Trinajstić information content (AvgIpc) is 2.79. The van der Waals surface area contributed by atoms with Crippen molar-refractivity contribution in [1.29, 1.82) is 0 Å². The fourth-order valence-electron chi connectivity index (χ4n) is 2.99. The lowest BCUT2D eigenvalue weighted by Gasteiger charge is -2.16. The van der Waals surface area contributed by atoms with Crippen molar-refractivity contribution >= 4 is 69.4 Å². The van der Waals surface area contributed by atoms with Crippen molar-refractivity contribution in [2.75, 3.05) is 16.0 Å². The Morgan fingerprint density at radius 3 is 2.30 bits per heavy atom. The molecule has 170 valence electrons. The highest BCUT2D eigenvalue weighted by atomic mass is 35.5. The van der Waals surface area contributed by atoms with Crippen LogP contribution in [0.1, 0.15) is 30.6 Å². The SMILES string of the molecule is CCC(Sc1cccc(NC(=S)Nc2ccc(C(C)=O)cc2)c1)C(=O)Nc1ccccc1Cl. The van der Waals surface area contributed by atoms with Crippen LogP contribution in [0.4, 0.5) is 17.1 Å². The molecule has 8 heteroatoms. The zero-order chi connectivity index (χ0) is 23.8. The number of para-hydroxylation sites is 1. The number of thiocarbonyl (C=S) groups is 1. The number of carbonyl (C=O) groups excluding carboxylic acids is 2.